The Morgan fingerprint density at radius 2 is 1.93 bits per heavy atom. The van der Waals surface area contributed by atoms with E-state index >= 15 is 0 Å². The first kappa shape index (κ1) is 16.2. The molecule has 1 N–H and O–H groups in total. The third kappa shape index (κ3) is 5.45. The number of rotatable bonds is 4. The van der Waals surface area contributed by atoms with Gasteiger partial charge in [0.1, 0.15) is 0 Å². The number of carbonyl (C=O) groups excluding carboxylic acids is 1. The van der Waals surface area contributed by atoms with E-state index < -0.39 is 21.3 Å². The number of nitrogens with one attached hydrogen (secondary N) is 1. The Labute approximate surface area is 97.6 Å². The summed E-state index contributed by atoms with van der Waals surface area (Å²) in [5, 5.41) is -0.696. The molecular weight excluding hydrogens is 201 g/mol. The minimum Gasteiger partial charge on any atom is -1.00 e. The van der Waals surface area contributed by atoms with Crippen LogP contribution >= 0.6 is 0 Å². The van der Waals surface area contributed by atoms with Crippen molar-refractivity contribution in [1.29, 1.82) is 0 Å². The molecule has 0 saturated heterocycles. The maximum atomic E-state index is 11.0. The molecule has 7 heteroatoms. The van der Waals surface area contributed by atoms with Gasteiger partial charge in [0.25, 0.3) is 16.0 Å². The summed E-state index contributed by atoms with van der Waals surface area (Å²) in [5.74, 6) is -0.649. The average molecular weight is 215 g/mol. The van der Waals surface area contributed by atoms with Crippen molar-refractivity contribution in [2.45, 2.75) is 26.0 Å². The third-order valence-corrected chi connectivity index (χ3v) is 2.69. The molecule has 0 fully saturated rings. The quantitative estimate of drug-likeness (QED) is 0.319. The van der Waals surface area contributed by atoms with Crippen LogP contribution < -0.4 is 24.3 Å². The Hall–Kier alpha value is -0.283. The number of hydrogen-bond acceptors (Lipinski definition) is 4. The van der Waals surface area contributed by atoms with Gasteiger partial charge < -0.3 is 1.43 Å². The molecule has 5 nitrogen and oxygen atoms in total. The maximum absolute atomic E-state index is 11.0. The van der Waals surface area contributed by atoms with Gasteiger partial charge in [-0.05, 0) is 20.8 Å². The molecule has 0 atom stereocenters. The Balaban J connectivity index is -0.000000720. The second-order valence-electron chi connectivity index (χ2n) is 2.84. The fourth-order valence-electron chi connectivity index (χ4n) is 0.279. The van der Waals surface area contributed by atoms with Gasteiger partial charge in [0.2, 0.25) is 0 Å². The molecule has 0 radical (unpaired) electrons. The van der Waals surface area contributed by atoms with E-state index in [1.54, 1.807) is 5.48 Å². The van der Waals surface area contributed by atoms with Crippen LogP contribution in [0.3, 0.4) is 0 Å². The van der Waals surface area contributed by atoms with Crippen LogP contribution in [0.15, 0.2) is 12.2 Å². The van der Waals surface area contributed by atoms with Gasteiger partial charge in [0.15, 0.2) is 0 Å². The summed E-state index contributed by atoms with van der Waals surface area (Å²) in [4.78, 5) is 10.8. The van der Waals surface area contributed by atoms with E-state index in [-0.39, 0.29) is 25.9 Å². The molecule has 0 bridgehead atoms. The van der Waals surface area contributed by atoms with E-state index in [9.17, 15) is 13.2 Å². The topological polar surface area (TPSA) is 72.5 Å². The van der Waals surface area contributed by atoms with Gasteiger partial charge in [-0.15, -0.1) is 4.28 Å². The van der Waals surface area contributed by atoms with Gasteiger partial charge in [-0.25, -0.2) is 5.48 Å². The maximum Gasteiger partial charge on any atom is 1.00 e. The van der Waals surface area contributed by atoms with Crippen LogP contribution in [0.4, 0.5) is 0 Å². The van der Waals surface area contributed by atoms with Crippen molar-refractivity contribution in [1.82, 2.24) is 5.48 Å². The van der Waals surface area contributed by atoms with Crippen molar-refractivity contribution in [2.75, 3.05) is 0 Å². The van der Waals surface area contributed by atoms with Gasteiger partial charge in [0, 0.05) is 5.57 Å². The van der Waals surface area contributed by atoms with Crippen molar-refractivity contribution in [3.05, 3.63) is 12.2 Å². The monoisotopic (exact) mass is 215 g/mol. The molecule has 0 aliphatic heterocycles. The fraction of sp³-hybridized carbons (Fsp3) is 0.571. The molecule has 0 aliphatic carbocycles. The first-order chi connectivity index (χ1) is 5.77. The molecule has 0 aliphatic rings. The second kappa shape index (κ2) is 6.25. The third-order valence-electron chi connectivity index (χ3n) is 1.22. The minimum absolute atomic E-state index is 0. The minimum atomic E-state index is -3.70. The van der Waals surface area contributed by atoms with Crippen molar-refractivity contribution in [2.24, 2.45) is 0 Å². The molecule has 78 valence electrons. The number of hydroxylamine groups is 1. The Morgan fingerprint density at radius 3 is 2.21 bits per heavy atom. The Kier molecular flexibility index (Phi) is 7.21. The number of amides is 1. The van der Waals surface area contributed by atoms with E-state index in [0.717, 1.165) is 0 Å². The standard InChI is InChI=1S/C7H13NO4S.Li.H/c1-5(2)7(9)8-12-13(10,11)6(3)4;;/h6H,1H2,2-4H3,(H,8,9);;/q;+1;-1. The molecule has 0 spiro atoms. The normalized spacial score (nSPS) is 10.6. The second-order valence-corrected chi connectivity index (χ2v) is 4.93. The van der Waals surface area contributed by atoms with Crippen molar-refractivity contribution < 1.29 is 37.8 Å². The predicted octanol–water partition coefficient (Wildman–Crippen LogP) is -2.53. The van der Waals surface area contributed by atoms with Crippen LogP contribution in [0.5, 0.6) is 0 Å². The summed E-state index contributed by atoms with van der Waals surface area (Å²) >= 11 is 0. The zero-order chi connectivity index (χ0) is 10.6. The van der Waals surface area contributed by atoms with Gasteiger partial charge in [-0.1, -0.05) is 6.58 Å². The van der Waals surface area contributed by atoms with Gasteiger partial charge in [0.05, 0.1) is 5.25 Å². The van der Waals surface area contributed by atoms with Crippen molar-refractivity contribution in [3.63, 3.8) is 0 Å². The molecule has 0 rings (SSSR count). The zero-order valence-corrected chi connectivity index (χ0v) is 9.64. The van der Waals surface area contributed by atoms with Gasteiger partial charge >= 0.3 is 18.9 Å². The van der Waals surface area contributed by atoms with Crippen molar-refractivity contribution >= 4 is 16.0 Å². The van der Waals surface area contributed by atoms with Crippen LogP contribution in [0.2, 0.25) is 0 Å². The summed E-state index contributed by atoms with van der Waals surface area (Å²) in [6.45, 7) is 7.65. The van der Waals surface area contributed by atoms with E-state index in [0.29, 0.717) is 0 Å². The van der Waals surface area contributed by atoms with Crippen LogP contribution in [-0.2, 0) is 19.2 Å². The Bertz CT molecular complexity index is 315. The Morgan fingerprint density at radius 1 is 1.50 bits per heavy atom. The molecule has 14 heavy (non-hydrogen) atoms. The molecular formula is C7H14LiNO4S. The molecule has 0 aromatic carbocycles. The number of carbonyl (C=O) groups is 1. The van der Waals surface area contributed by atoms with Crippen LogP contribution in [0, 0.1) is 0 Å². The van der Waals surface area contributed by atoms with E-state index in [2.05, 4.69) is 10.9 Å². The van der Waals surface area contributed by atoms with Crippen LogP contribution in [0.25, 0.3) is 0 Å². The molecule has 0 unspecified atom stereocenters. The van der Waals surface area contributed by atoms with Gasteiger partial charge in [-0.3, -0.25) is 4.79 Å². The summed E-state index contributed by atoms with van der Waals surface area (Å²) in [7, 11) is -3.70. The largest absolute Gasteiger partial charge is 1.00 e. The summed E-state index contributed by atoms with van der Waals surface area (Å²) in [6, 6.07) is 0. The average Bonchev–Trinajstić information content (AvgIpc) is 1.99. The molecule has 1 amide bonds. The summed E-state index contributed by atoms with van der Waals surface area (Å²) in [5.41, 5.74) is 1.96. The van der Waals surface area contributed by atoms with Crippen LogP contribution in [-0.4, -0.2) is 19.6 Å². The SMILES string of the molecule is C=C(C)C(=O)NOS(=O)(=O)C(C)C.[H-].[Li+]. The fourth-order valence-corrected chi connectivity index (χ4v) is 0.664. The summed E-state index contributed by atoms with van der Waals surface area (Å²) in [6.07, 6.45) is 0. The molecule has 0 saturated carbocycles. The van der Waals surface area contributed by atoms with Crippen LogP contribution in [0.1, 0.15) is 22.2 Å². The van der Waals surface area contributed by atoms with Gasteiger partial charge in [-0.2, -0.15) is 8.42 Å². The first-order valence-electron chi connectivity index (χ1n) is 3.65. The predicted molar refractivity (Wildman–Crippen MR) is 49.2 cm³/mol. The van der Waals surface area contributed by atoms with Crippen molar-refractivity contribution in [3.8, 4) is 0 Å². The molecule has 0 heterocycles. The van der Waals surface area contributed by atoms with E-state index in [4.69, 9.17) is 0 Å². The number of hydrogen-bond donors (Lipinski definition) is 1. The molecule has 0 aromatic rings. The smallest absolute Gasteiger partial charge is 1.00 e. The zero-order valence-electron chi connectivity index (χ0n) is 9.83. The van der Waals surface area contributed by atoms with E-state index in [1.807, 2.05) is 0 Å². The summed E-state index contributed by atoms with van der Waals surface area (Å²) < 4.78 is 26.2. The van der Waals surface area contributed by atoms with E-state index in [1.165, 1.54) is 20.8 Å². The molecule has 0 aromatic heterocycles. The first-order valence-corrected chi connectivity index (χ1v) is 5.12.